The van der Waals surface area contributed by atoms with Crippen molar-refractivity contribution in [3.63, 3.8) is 0 Å². The second kappa shape index (κ2) is 11.0. The number of carbonyl (C=O) groups excluding carboxylic acids is 1. The van der Waals surface area contributed by atoms with Crippen LogP contribution in [0, 0.1) is 0 Å². The quantitative estimate of drug-likeness (QED) is 0.235. The Hall–Kier alpha value is -2.11. The van der Waals surface area contributed by atoms with E-state index in [4.69, 9.17) is 10.5 Å². The van der Waals surface area contributed by atoms with E-state index in [9.17, 15) is 9.90 Å². The SMILES string of the molecule is C=C(C)C1(N)CCC(C)=CC1c1c(O)cc(CCCCC)cc1OC(=O)CCN(C)C. The molecule has 0 aromatic heterocycles. The van der Waals surface area contributed by atoms with Gasteiger partial charge in [0, 0.05) is 23.6 Å². The van der Waals surface area contributed by atoms with Crippen LogP contribution in [0.1, 0.15) is 76.3 Å². The third-order valence-electron chi connectivity index (χ3n) is 6.28. The van der Waals surface area contributed by atoms with E-state index in [1.54, 1.807) is 6.07 Å². The molecule has 0 radical (unpaired) electrons. The second-order valence-corrected chi connectivity index (χ2v) is 9.32. The molecule has 1 aliphatic rings. The summed E-state index contributed by atoms with van der Waals surface area (Å²) in [4.78, 5) is 14.5. The Morgan fingerprint density at radius 3 is 2.68 bits per heavy atom. The van der Waals surface area contributed by atoms with Gasteiger partial charge in [-0.2, -0.15) is 0 Å². The van der Waals surface area contributed by atoms with Gasteiger partial charge in [0.1, 0.15) is 11.5 Å². The van der Waals surface area contributed by atoms with Gasteiger partial charge < -0.3 is 20.5 Å². The van der Waals surface area contributed by atoms with Gasteiger partial charge in [-0.15, -0.1) is 0 Å². The lowest BCUT2D eigenvalue weighted by molar-refractivity contribution is -0.134. The van der Waals surface area contributed by atoms with Crippen molar-refractivity contribution in [2.24, 2.45) is 5.73 Å². The zero-order chi connectivity index (χ0) is 23.2. The Balaban J connectivity index is 2.51. The number of aryl methyl sites for hydroxylation is 1. The van der Waals surface area contributed by atoms with Crippen LogP contribution in [0.2, 0.25) is 0 Å². The molecule has 31 heavy (non-hydrogen) atoms. The maximum atomic E-state index is 12.6. The van der Waals surface area contributed by atoms with Gasteiger partial charge in [0.25, 0.3) is 0 Å². The highest BCUT2D eigenvalue weighted by Crippen LogP contribution is 2.48. The van der Waals surface area contributed by atoms with E-state index in [1.165, 1.54) is 5.57 Å². The zero-order valence-corrected chi connectivity index (χ0v) is 20.0. The van der Waals surface area contributed by atoms with Gasteiger partial charge in [-0.25, -0.2) is 0 Å². The topological polar surface area (TPSA) is 75.8 Å². The maximum Gasteiger partial charge on any atom is 0.312 e. The van der Waals surface area contributed by atoms with Gasteiger partial charge in [0.05, 0.1) is 6.42 Å². The van der Waals surface area contributed by atoms with Gasteiger partial charge in [-0.1, -0.05) is 43.6 Å². The van der Waals surface area contributed by atoms with Gasteiger partial charge in [-0.3, -0.25) is 4.79 Å². The van der Waals surface area contributed by atoms with Crippen LogP contribution in [0.15, 0.2) is 35.9 Å². The van der Waals surface area contributed by atoms with Crippen LogP contribution >= 0.6 is 0 Å². The Labute approximate surface area is 188 Å². The van der Waals surface area contributed by atoms with Crippen LogP contribution in [0.3, 0.4) is 0 Å². The van der Waals surface area contributed by atoms with Crippen LogP contribution in [0.25, 0.3) is 0 Å². The van der Waals surface area contributed by atoms with Crippen LogP contribution in [0.4, 0.5) is 0 Å². The van der Waals surface area contributed by atoms with E-state index in [0.717, 1.165) is 49.7 Å². The summed E-state index contributed by atoms with van der Waals surface area (Å²) in [5.74, 6) is -0.0617. The van der Waals surface area contributed by atoms with Crippen molar-refractivity contribution in [1.29, 1.82) is 0 Å². The summed E-state index contributed by atoms with van der Waals surface area (Å²) in [7, 11) is 3.84. The molecule has 0 aliphatic heterocycles. The highest BCUT2D eigenvalue weighted by molar-refractivity contribution is 5.74. The van der Waals surface area contributed by atoms with Crippen molar-refractivity contribution in [2.75, 3.05) is 20.6 Å². The number of benzene rings is 1. The average molecular weight is 429 g/mol. The molecule has 172 valence electrons. The minimum atomic E-state index is -0.703. The number of nitrogens with zero attached hydrogens (tertiary/aromatic N) is 1. The molecule has 0 amide bonds. The minimum Gasteiger partial charge on any atom is -0.507 e. The maximum absolute atomic E-state index is 12.6. The van der Waals surface area contributed by atoms with Gasteiger partial charge in [-0.05, 0) is 71.3 Å². The number of nitrogens with two attached hydrogens (primary N) is 1. The average Bonchev–Trinajstić information content (AvgIpc) is 2.68. The molecule has 2 rings (SSSR count). The number of unbranched alkanes of at least 4 members (excludes halogenated alkanes) is 2. The van der Waals surface area contributed by atoms with Gasteiger partial charge >= 0.3 is 5.97 Å². The summed E-state index contributed by atoms with van der Waals surface area (Å²) in [6, 6.07) is 3.72. The van der Waals surface area contributed by atoms with Gasteiger partial charge in [0.15, 0.2) is 0 Å². The Morgan fingerprint density at radius 2 is 2.06 bits per heavy atom. The smallest absolute Gasteiger partial charge is 0.312 e. The molecule has 5 nitrogen and oxygen atoms in total. The molecule has 0 saturated carbocycles. The van der Waals surface area contributed by atoms with E-state index in [2.05, 4.69) is 26.5 Å². The lowest BCUT2D eigenvalue weighted by Crippen LogP contribution is -2.48. The van der Waals surface area contributed by atoms with E-state index < -0.39 is 5.54 Å². The molecule has 0 fully saturated rings. The summed E-state index contributed by atoms with van der Waals surface area (Å²) in [6.07, 6.45) is 8.09. The van der Waals surface area contributed by atoms with Crippen molar-refractivity contribution < 1.29 is 14.6 Å². The van der Waals surface area contributed by atoms with Gasteiger partial charge in [0.2, 0.25) is 0 Å². The molecule has 1 aromatic rings. The number of hydrogen-bond donors (Lipinski definition) is 2. The Bertz CT molecular complexity index is 828. The summed E-state index contributed by atoms with van der Waals surface area (Å²) >= 11 is 0. The lowest BCUT2D eigenvalue weighted by Gasteiger charge is -2.41. The molecule has 0 spiro atoms. The van der Waals surface area contributed by atoms with E-state index in [0.29, 0.717) is 17.9 Å². The lowest BCUT2D eigenvalue weighted by atomic mass is 9.68. The number of carbonyl (C=O) groups is 1. The van der Waals surface area contributed by atoms with E-state index in [1.807, 2.05) is 32.0 Å². The van der Waals surface area contributed by atoms with Crippen molar-refractivity contribution in [1.82, 2.24) is 4.90 Å². The first-order valence-electron chi connectivity index (χ1n) is 11.4. The summed E-state index contributed by atoms with van der Waals surface area (Å²) in [5, 5.41) is 11.1. The minimum absolute atomic E-state index is 0.136. The number of allylic oxidation sites excluding steroid dienone is 1. The first-order valence-corrected chi connectivity index (χ1v) is 11.4. The molecule has 5 heteroatoms. The standard InChI is InChI=1S/C26H40N2O3/c1-7-8-9-10-20-16-22(29)25(23(17-20)31-24(30)12-14-28(5)6)21-15-19(4)11-13-26(21,27)18(2)3/h15-17,21,29H,2,7-14,27H2,1,3-6H3. The predicted molar refractivity (Wildman–Crippen MR) is 128 cm³/mol. The molecule has 2 atom stereocenters. The number of esters is 1. The first-order chi connectivity index (χ1) is 14.6. The summed E-state index contributed by atoms with van der Waals surface area (Å²) < 4.78 is 5.85. The number of phenols is 1. The molecular formula is C26H40N2O3. The Morgan fingerprint density at radius 1 is 1.35 bits per heavy atom. The second-order valence-electron chi connectivity index (χ2n) is 9.32. The van der Waals surface area contributed by atoms with Crippen LogP contribution in [0.5, 0.6) is 11.5 Å². The molecule has 0 heterocycles. The highest BCUT2D eigenvalue weighted by Gasteiger charge is 2.41. The summed E-state index contributed by atoms with van der Waals surface area (Å²) in [5.41, 5.74) is 9.77. The van der Waals surface area contributed by atoms with Crippen LogP contribution in [-0.4, -0.2) is 42.2 Å². The molecular weight excluding hydrogens is 388 g/mol. The predicted octanol–water partition coefficient (Wildman–Crippen LogP) is 5.08. The fourth-order valence-electron chi connectivity index (χ4n) is 4.17. The fourth-order valence-corrected chi connectivity index (χ4v) is 4.17. The number of aromatic hydroxyl groups is 1. The third kappa shape index (κ3) is 6.44. The highest BCUT2D eigenvalue weighted by atomic mass is 16.5. The molecule has 2 unspecified atom stereocenters. The molecule has 3 N–H and O–H groups in total. The molecule has 1 aliphatic carbocycles. The molecule has 1 aromatic carbocycles. The van der Waals surface area contributed by atoms with Crippen LogP contribution in [-0.2, 0) is 11.2 Å². The molecule has 0 bridgehead atoms. The largest absolute Gasteiger partial charge is 0.507 e. The van der Waals surface area contributed by atoms with E-state index >= 15 is 0 Å². The number of hydrogen-bond acceptors (Lipinski definition) is 5. The van der Waals surface area contributed by atoms with Crippen molar-refractivity contribution in [2.45, 2.75) is 77.2 Å². The third-order valence-corrected chi connectivity index (χ3v) is 6.28. The zero-order valence-electron chi connectivity index (χ0n) is 20.0. The number of rotatable bonds is 10. The van der Waals surface area contributed by atoms with E-state index in [-0.39, 0.29) is 24.1 Å². The number of ether oxygens (including phenoxy) is 1. The fraction of sp³-hybridized carbons (Fsp3) is 0.577. The normalized spacial score (nSPS) is 21.1. The van der Waals surface area contributed by atoms with Crippen molar-refractivity contribution in [3.05, 3.63) is 47.1 Å². The monoisotopic (exact) mass is 428 g/mol. The summed E-state index contributed by atoms with van der Waals surface area (Å²) in [6.45, 7) is 10.9. The number of phenolic OH excluding ortho intramolecular Hbond substituents is 1. The first kappa shape index (κ1) is 25.2. The Kier molecular flexibility index (Phi) is 8.90. The molecule has 0 saturated heterocycles. The van der Waals surface area contributed by atoms with Crippen molar-refractivity contribution in [3.8, 4) is 11.5 Å². The van der Waals surface area contributed by atoms with Crippen LogP contribution < -0.4 is 10.5 Å². The van der Waals surface area contributed by atoms with Crippen molar-refractivity contribution >= 4 is 5.97 Å².